The average Bonchev–Trinajstić information content (AvgIpc) is 2.25. The molecule has 0 aliphatic heterocycles. The lowest BCUT2D eigenvalue weighted by atomic mass is 10.1. The zero-order chi connectivity index (χ0) is 11.3. The van der Waals surface area contributed by atoms with Gasteiger partial charge in [-0.25, -0.2) is 0 Å². The van der Waals surface area contributed by atoms with E-state index in [1.54, 1.807) is 7.11 Å². The Hall–Kier alpha value is -1.22. The number of nitrogens with zero attached hydrogens (tertiary/aromatic N) is 1. The monoisotopic (exact) mass is 208 g/mol. The summed E-state index contributed by atoms with van der Waals surface area (Å²) in [5, 5.41) is 0. The number of nitrogens with two attached hydrogens (primary N) is 1. The molecule has 0 saturated carbocycles. The lowest BCUT2D eigenvalue weighted by Gasteiger charge is -2.25. The molecule has 0 heterocycles. The van der Waals surface area contributed by atoms with Crippen molar-refractivity contribution >= 4 is 11.4 Å². The first-order chi connectivity index (χ1) is 7.20. The van der Waals surface area contributed by atoms with Crippen LogP contribution in [0.5, 0.6) is 0 Å². The van der Waals surface area contributed by atoms with E-state index in [2.05, 4.69) is 24.8 Å². The van der Waals surface area contributed by atoms with E-state index < -0.39 is 0 Å². The number of hydrogen-bond donors (Lipinski definition) is 1. The minimum Gasteiger partial charge on any atom is -0.398 e. The molecule has 84 valence electrons. The highest BCUT2D eigenvalue weighted by molar-refractivity contribution is 5.64. The second-order valence-electron chi connectivity index (χ2n) is 3.56. The van der Waals surface area contributed by atoms with E-state index >= 15 is 0 Å². The number of methoxy groups -OCH3 is 1. The molecule has 0 spiro atoms. The van der Waals surface area contributed by atoms with Crippen molar-refractivity contribution in [3.63, 3.8) is 0 Å². The van der Waals surface area contributed by atoms with E-state index in [4.69, 9.17) is 10.5 Å². The molecule has 2 N–H and O–H groups in total. The highest BCUT2D eigenvalue weighted by Gasteiger charge is 2.08. The van der Waals surface area contributed by atoms with Gasteiger partial charge in [0, 0.05) is 31.6 Å². The van der Waals surface area contributed by atoms with Crippen molar-refractivity contribution in [2.24, 2.45) is 0 Å². The predicted molar refractivity (Wildman–Crippen MR) is 65.4 cm³/mol. The van der Waals surface area contributed by atoms with Crippen molar-refractivity contribution in [2.75, 3.05) is 37.4 Å². The zero-order valence-electron chi connectivity index (χ0n) is 9.79. The van der Waals surface area contributed by atoms with E-state index in [-0.39, 0.29) is 0 Å². The van der Waals surface area contributed by atoms with E-state index in [0.29, 0.717) is 0 Å². The Bertz CT molecular complexity index is 312. The number of nitrogen functional groups attached to an aromatic ring is 1. The second-order valence-corrected chi connectivity index (χ2v) is 3.56. The van der Waals surface area contributed by atoms with Crippen molar-refractivity contribution in [1.29, 1.82) is 0 Å². The summed E-state index contributed by atoms with van der Waals surface area (Å²) in [6.07, 6.45) is 0. The smallest absolute Gasteiger partial charge is 0.0637 e. The van der Waals surface area contributed by atoms with Crippen LogP contribution in [0.25, 0.3) is 0 Å². The van der Waals surface area contributed by atoms with E-state index in [9.17, 15) is 0 Å². The molecular weight excluding hydrogens is 188 g/mol. The first-order valence-corrected chi connectivity index (χ1v) is 5.29. The van der Waals surface area contributed by atoms with Crippen LogP contribution < -0.4 is 10.6 Å². The fourth-order valence-electron chi connectivity index (χ4n) is 1.63. The lowest BCUT2D eigenvalue weighted by molar-refractivity contribution is 0.205. The van der Waals surface area contributed by atoms with Crippen LogP contribution in [0.1, 0.15) is 12.5 Å². The molecule has 0 bridgehead atoms. The minimum atomic E-state index is 0.738. The number of likely N-dealkylation sites (N-methyl/N-ethyl adjacent to an activating group) is 1. The van der Waals surface area contributed by atoms with Gasteiger partial charge in [0.1, 0.15) is 0 Å². The molecule has 0 atom stereocenters. The Kier molecular flexibility index (Phi) is 4.43. The number of hydrogen-bond acceptors (Lipinski definition) is 3. The molecule has 0 aliphatic rings. The van der Waals surface area contributed by atoms with Crippen LogP contribution in [0.15, 0.2) is 18.2 Å². The largest absolute Gasteiger partial charge is 0.398 e. The minimum absolute atomic E-state index is 0.738. The van der Waals surface area contributed by atoms with Crippen LogP contribution in [0.2, 0.25) is 0 Å². The summed E-state index contributed by atoms with van der Waals surface area (Å²) in [6, 6.07) is 6.03. The van der Waals surface area contributed by atoms with Gasteiger partial charge in [0.15, 0.2) is 0 Å². The highest BCUT2D eigenvalue weighted by Crippen LogP contribution is 2.24. The third-order valence-corrected chi connectivity index (χ3v) is 2.63. The van der Waals surface area contributed by atoms with E-state index in [1.807, 2.05) is 12.1 Å². The molecule has 0 aliphatic carbocycles. The van der Waals surface area contributed by atoms with Gasteiger partial charge < -0.3 is 15.4 Å². The van der Waals surface area contributed by atoms with Crippen molar-refractivity contribution < 1.29 is 4.74 Å². The standard InChI is InChI=1S/C12H20N2O/c1-4-14(8-9-15-3)12-7-5-6-11(13)10(12)2/h5-7H,4,8-9,13H2,1-3H3. The third kappa shape index (κ3) is 2.86. The molecule has 0 unspecified atom stereocenters. The first kappa shape index (κ1) is 11.9. The molecule has 0 saturated heterocycles. The summed E-state index contributed by atoms with van der Waals surface area (Å²) in [4.78, 5) is 2.27. The number of anilines is 2. The molecule has 0 radical (unpaired) electrons. The molecule has 0 fully saturated rings. The number of rotatable bonds is 5. The van der Waals surface area contributed by atoms with E-state index in [0.717, 1.165) is 30.9 Å². The Morgan fingerprint density at radius 3 is 2.73 bits per heavy atom. The van der Waals surface area contributed by atoms with Crippen LogP contribution >= 0.6 is 0 Å². The van der Waals surface area contributed by atoms with Gasteiger partial charge in [-0.2, -0.15) is 0 Å². The molecule has 0 aromatic heterocycles. The Balaban J connectivity index is 2.86. The Morgan fingerprint density at radius 2 is 2.13 bits per heavy atom. The normalized spacial score (nSPS) is 10.3. The molecule has 3 nitrogen and oxygen atoms in total. The second kappa shape index (κ2) is 5.61. The SMILES string of the molecule is CCN(CCOC)c1cccc(N)c1C. The van der Waals surface area contributed by atoms with Crippen LogP contribution in [0.3, 0.4) is 0 Å². The fraction of sp³-hybridized carbons (Fsp3) is 0.500. The van der Waals surface area contributed by atoms with Crippen LogP contribution in [-0.4, -0.2) is 26.8 Å². The van der Waals surface area contributed by atoms with Gasteiger partial charge in [0.2, 0.25) is 0 Å². The van der Waals surface area contributed by atoms with Crippen molar-refractivity contribution in [3.8, 4) is 0 Å². The summed E-state index contributed by atoms with van der Waals surface area (Å²) in [6.45, 7) is 6.80. The molecule has 1 aromatic carbocycles. The predicted octanol–water partition coefficient (Wildman–Crippen LogP) is 2.05. The highest BCUT2D eigenvalue weighted by atomic mass is 16.5. The van der Waals surface area contributed by atoms with Crippen molar-refractivity contribution in [1.82, 2.24) is 0 Å². The van der Waals surface area contributed by atoms with Crippen molar-refractivity contribution in [3.05, 3.63) is 23.8 Å². The molecular formula is C12H20N2O. The first-order valence-electron chi connectivity index (χ1n) is 5.29. The van der Waals surface area contributed by atoms with Crippen LogP contribution in [0, 0.1) is 6.92 Å². The maximum Gasteiger partial charge on any atom is 0.0637 e. The summed E-state index contributed by atoms with van der Waals surface area (Å²) >= 11 is 0. The van der Waals surface area contributed by atoms with Crippen LogP contribution in [-0.2, 0) is 4.74 Å². The summed E-state index contributed by atoms with van der Waals surface area (Å²) in [5.74, 6) is 0. The van der Waals surface area contributed by atoms with Crippen molar-refractivity contribution in [2.45, 2.75) is 13.8 Å². The van der Waals surface area contributed by atoms with Gasteiger partial charge >= 0.3 is 0 Å². The van der Waals surface area contributed by atoms with Gasteiger partial charge in [-0.05, 0) is 31.5 Å². The molecule has 0 amide bonds. The summed E-state index contributed by atoms with van der Waals surface area (Å²) in [7, 11) is 1.72. The van der Waals surface area contributed by atoms with Gasteiger partial charge in [0.25, 0.3) is 0 Å². The van der Waals surface area contributed by atoms with Gasteiger partial charge in [-0.15, -0.1) is 0 Å². The molecule has 1 rings (SSSR count). The van der Waals surface area contributed by atoms with Crippen LogP contribution in [0.4, 0.5) is 11.4 Å². The van der Waals surface area contributed by atoms with E-state index in [1.165, 1.54) is 5.69 Å². The topological polar surface area (TPSA) is 38.5 Å². The molecule has 3 heteroatoms. The molecule has 1 aromatic rings. The molecule has 15 heavy (non-hydrogen) atoms. The maximum atomic E-state index is 5.88. The third-order valence-electron chi connectivity index (χ3n) is 2.63. The average molecular weight is 208 g/mol. The lowest BCUT2D eigenvalue weighted by Crippen LogP contribution is -2.27. The number of ether oxygens (including phenoxy) is 1. The number of benzene rings is 1. The Morgan fingerprint density at radius 1 is 1.40 bits per heavy atom. The van der Waals surface area contributed by atoms with Gasteiger partial charge in [-0.3, -0.25) is 0 Å². The quantitative estimate of drug-likeness (QED) is 0.753. The maximum absolute atomic E-state index is 5.88. The summed E-state index contributed by atoms with van der Waals surface area (Å²) in [5.41, 5.74) is 9.09. The van der Waals surface area contributed by atoms with Gasteiger partial charge in [0.05, 0.1) is 6.61 Å². The Labute approximate surface area is 91.8 Å². The fourth-order valence-corrected chi connectivity index (χ4v) is 1.63. The summed E-state index contributed by atoms with van der Waals surface area (Å²) < 4.78 is 5.09. The van der Waals surface area contributed by atoms with Gasteiger partial charge in [-0.1, -0.05) is 6.07 Å². The zero-order valence-corrected chi connectivity index (χ0v) is 9.79.